The Morgan fingerprint density at radius 1 is 0.500 bits per heavy atom. The molecule has 12 heteroatoms. The Balaban J connectivity index is 2.01. The van der Waals surface area contributed by atoms with Gasteiger partial charge in [0, 0.05) is 61.5 Å². The maximum Gasteiger partial charge on any atom is 0.500 e. The van der Waals surface area contributed by atoms with Gasteiger partial charge < -0.3 is 26.6 Å². The number of aryl methyl sites for hydroxylation is 4. The summed E-state index contributed by atoms with van der Waals surface area (Å²) in [6.45, 7) is 20.2. The van der Waals surface area contributed by atoms with Gasteiger partial charge in [0.25, 0.3) is 0 Å². The molecule has 0 aliphatic carbocycles. The lowest BCUT2D eigenvalue weighted by Gasteiger charge is -2.28. The van der Waals surface area contributed by atoms with E-state index in [-0.39, 0.29) is 0 Å². The zero-order valence-electron chi connectivity index (χ0n) is 28.0. The van der Waals surface area contributed by atoms with Gasteiger partial charge in [-0.25, -0.2) is 0 Å². The Bertz CT molecular complexity index is 963. The first kappa shape index (κ1) is 40.2. The minimum absolute atomic E-state index is 0.613. The van der Waals surface area contributed by atoms with E-state index in [4.69, 9.17) is 26.6 Å². The molecule has 0 bridgehead atoms. The van der Waals surface area contributed by atoms with E-state index < -0.39 is 17.6 Å². The fourth-order valence-electron chi connectivity index (χ4n) is 5.15. The zero-order chi connectivity index (χ0) is 32.3. The third-order valence-corrected chi connectivity index (χ3v) is 19.7. The summed E-state index contributed by atoms with van der Waals surface area (Å²) in [4.78, 5) is 2.72. The van der Waals surface area contributed by atoms with E-state index in [0.717, 1.165) is 37.8 Å². The summed E-state index contributed by atoms with van der Waals surface area (Å²) in [5, 5.41) is 0. The summed E-state index contributed by atoms with van der Waals surface area (Å²) >= 11 is 0. The molecule has 0 aromatic heterocycles. The molecule has 0 N–H and O–H groups in total. The standard InChI is InChI=1S/C32H54O6S4Si2/c1-9-33-43(34-10-2,35-11-3)25-17-23-29-21-15-19-27(7)31(29)39-41-42-40-32-28(8)20-16-22-30(32)24-18-26-44(36-12-4,37-13-5)38-14-6/h15-16,19-22H,9-14,17-18,23-26H2,1-8H3. The van der Waals surface area contributed by atoms with Gasteiger partial charge in [0.05, 0.1) is 0 Å². The molecular weight excluding hydrogens is 665 g/mol. The quantitative estimate of drug-likeness (QED) is 0.0563. The predicted octanol–water partition coefficient (Wildman–Crippen LogP) is 10.4. The highest BCUT2D eigenvalue weighted by molar-refractivity contribution is 9.26. The van der Waals surface area contributed by atoms with Crippen LogP contribution in [-0.4, -0.2) is 57.3 Å². The summed E-state index contributed by atoms with van der Waals surface area (Å²) in [5.74, 6) is 0. The second-order valence-corrected chi connectivity index (χ2v) is 21.3. The molecule has 0 aliphatic heterocycles. The van der Waals surface area contributed by atoms with Crippen LogP contribution in [0.5, 0.6) is 0 Å². The van der Waals surface area contributed by atoms with Crippen LogP contribution in [0.25, 0.3) is 0 Å². The lowest BCUT2D eigenvalue weighted by atomic mass is 10.1. The zero-order valence-corrected chi connectivity index (χ0v) is 33.3. The highest BCUT2D eigenvalue weighted by Gasteiger charge is 2.40. The molecule has 2 aromatic rings. The lowest BCUT2D eigenvalue weighted by molar-refractivity contribution is 0.0700. The Labute approximate surface area is 285 Å². The van der Waals surface area contributed by atoms with Crippen molar-refractivity contribution in [2.45, 2.75) is 103 Å². The minimum atomic E-state index is -2.63. The van der Waals surface area contributed by atoms with Crippen LogP contribution < -0.4 is 0 Å². The SMILES string of the molecule is CCO[Si](CCCc1cccc(C)c1SSSSc1c(C)cccc1CCC[Si](OCC)(OCC)OCC)(OCC)OCC. The molecule has 0 unspecified atom stereocenters. The van der Waals surface area contributed by atoms with Crippen LogP contribution in [0, 0.1) is 13.8 Å². The van der Waals surface area contributed by atoms with Crippen molar-refractivity contribution >= 4 is 58.8 Å². The van der Waals surface area contributed by atoms with Gasteiger partial charge in [-0.1, -0.05) is 36.4 Å². The van der Waals surface area contributed by atoms with E-state index in [9.17, 15) is 0 Å². The minimum Gasteiger partial charge on any atom is -0.374 e. The van der Waals surface area contributed by atoms with Crippen molar-refractivity contribution < 1.29 is 26.6 Å². The Morgan fingerprint density at radius 2 is 0.818 bits per heavy atom. The van der Waals surface area contributed by atoms with Gasteiger partial charge in [0.1, 0.15) is 0 Å². The Hall–Kier alpha value is 0.0338. The normalized spacial score (nSPS) is 12.3. The van der Waals surface area contributed by atoms with Crippen molar-refractivity contribution in [1.82, 2.24) is 0 Å². The summed E-state index contributed by atoms with van der Waals surface area (Å²) in [5.41, 5.74) is 5.39. The Kier molecular flexibility index (Phi) is 20.6. The largest absolute Gasteiger partial charge is 0.500 e. The average molecular weight is 719 g/mol. The van der Waals surface area contributed by atoms with Crippen molar-refractivity contribution in [3.05, 3.63) is 58.7 Å². The monoisotopic (exact) mass is 718 g/mol. The molecule has 2 rings (SSSR count). The number of rotatable bonds is 25. The van der Waals surface area contributed by atoms with E-state index in [1.54, 1.807) is 0 Å². The maximum absolute atomic E-state index is 6.08. The molecule has 0 saturated heterocycles. The molecule has 0 fully saturated rings. The van der Waals surface area contributed by atoms with Gasteiger partial charge in [-0.15, -0.1) is 0 Å². The molecule has 250 valence electrons. The van der Waals surface area contributed by atoms with Gasteiger partial charge in [0.15, 0.2) is 0 Å². The van der Waals surface area contributed by atoms with Crippen molar-refractivity contribution in [2.24, 2.45) is 0 Å². The molecule has 0 heterocycles. The maximum atomic E-state index is 6.08. The van der Waals surface area contributed by atoms with Gasteiger partial charge in [-0.3, -0.25) is 0 Å². The molecule has 0 radical (unpaired) electrons. The van der Waals surface area contributed by atoms with Crippen LogP contribution in [-0.2, 0) is 39.4 Å². The van der Waals surface area contributed by atoms with Crippen LogP contribution in [0.15, 0.2) is 46.2 Å². The number of hydrogen-bond acceptors (Lipinski definition) is 10. The molecule has 0 saturated carbocycles. The predicted molar refractivity (Wildman–Crippen MR) is 197 cm³/mol. The van der Waals surface area contributed by atoms with Crippen LogP contribution in [0.4, 0.5) is 0 Å². The topological polar surface area (TPSA) is 55.4 Å². The van der Waals surface area contributed by atoms with E-state index in [2.05, 4.69) is 50.2 Å². The Morgan fingerprint density at radius 3 is 1.11 bits per heavy atom. The first-order valence-electron chi connectivity index (χ1n) is 16.0. The molecule has 0 spiro atoms. The second kappa shape index (κ2) is 22.6. The summed E-state index contributed by atoms with van der Waals surface area (Å²) in [7, 11) is 2.14. The van der Waals surface area contributed by atoms with E-state index in [1.165, 1.54) is 32.0 Å². The average Bonchev–Trinajstić information content (AvgIpc) is 2.98. The fourth-order valence-corrected chi connectivity index (χ4v) is 16.7. The summed E-state index contributed by atoms with van der Waals surface area (Å²) in [6, 6.07) is 14.9. The lowest BCUT2D eigenvalue weighted by Crippen LogP contribution is -2.46. The molecule has 0 atom stereocenters. The molecule has 0 aliphatic rings. The summed E-state index contributed by atoms with van der Waals surface area (Å²) in [6.07, 6.45) is 3.90. The molecule has 44 heavy (non-hydrogen) atoms. The highest BCUT2D eigenvalue weighted by atomic mass is 33.7. The third kappa shape index (κ3) is 13.3. The van der Waals surface area contributed by atoms with Gasteiger partial charge >= 0.3 is 17.6 Å². The van der Waals surface area contributed by atoms with E-state index in [0.29, 0.717) is 39.6 Å². The van der Waals surface area contributed by atoms with Crippen molar-refractivity contribution in [3.63, 3.8) is 0 Å². The highest BCUT2D eigenvalue weighted by Crippen LogP contribution is 2.52. The first-order valence-corrected chi connectivity index (χ1v) is 24.7. The van der Waals surface area contributed by atoms with Crippen molar-refractivity contribution in [1.29, 1.82) is 0 Å². The molecule has 2 aromatic carbocycles. The van der Waals surface area contributed by atoms with Crippen LogP contribution in [0.2, 0.25) is 12.1 Å². The number of benzene rings is 2. The second-order valence-electron chi connectivity index (χ2n) is 10.1. The fraction of sp³-hybridized carbons (Fsp3) is 0.625. The smallest absolute Gasteiger partial charge is 0.374 e. The summed E-state index contributed by atoms with van der Waals surface area (Å²) < 4.78 is 36.5. The van der Waals surface area contributed by atoms with Gasteiger partial charge in [-0.05, 0) is 145 Å². The molecule has 6 nitrogen and oxygen atoms in total. The van der Waals surface area contributed by atoms with Gasteiger partial charge in [-0.2, -0.15) is 0 Å². The van der Waals surface area contributed by atoms with Crippen LogP contribution >= 0.6 is 41.2 Å². The van der Waals surface area contributed by atoms with Crippen LogP contribution in [0.1, 0.15) is 76.6 Å². The van der Waals surface area contributed by atoms with Crippen LogP contribution in [0.3, 0.4) is 0 Å². The molecular formula is C32H54O6S4Si2. The van der Waals surface area contributed by atoms with Gasteiger partial charge in [0.2, 0.25) is 0 Å². The third-order valence-electron chi connectivity index (χ3n) is 6.89. The van der Waals surface area contributed by atoms with Crippen molar-refractivity contribution in [3.8, 4) is 0 Å². The van der Waals surface area contributed by atoms with E-state index in [1.807, 2.05) is 82.8 Å². The van der Waals surface area contributed by atoms with E-state index >= 15 is 0 Å². The molecule has 0 amide bonds. The van der Waals surface area contributed by atoms with Crippen molar-refractivity contribution in [2.75, 3.05) is 39.6 Å². The first-order chi connectivity index (χ1) is 21.3. The number of hydrogen-bond donors (Lipinski definition) is 0.